The number of amides is 1. The molecule has 0 unspecified atom stereocenters. The third-order valence-corrected chi connectivity index (χ3v) is 6.03. The lowest BCUT2D eigenvalue weighted by Gasteiger charge is -2.27. The third-order valence-electron chi connectivity index (χ3n) is 4.71. The maximum atomic E-state index is 12.7. The lowest BCUT2D eigenvalue weighted by Crippen LogP contribution is -2.43. The van der Waals surface area contributed by atoms with Crippen molar-refractivity contribution >= 4 is 21.8 Å². The lowest BCUT2D eigenvalue weighted by molar-refractivity contribution is -0.119. The number of benzene rings is 1. The number of allylic oxidation sites excluding steroid dienone is 1. The summed E-state index contributed by atoms with van der Waals surface area (Å²) in [5.41, 5.74) is 0.864. The van der Waals surface area contributed by atoms with Crippen molar-refractivity contribution in [3.05, 3.63) is 41.6 Å². The fourth-order valence-corrected chi connectivity index (χ4v) is 4.10. The fraction of sp³-hybridized carbons (Fsp3) is 0.444. The number of carbonyl (C=O) groups excluding carboxylic acids is 1. The minimum Gasteiger partial charge on any atom is -0.497 e. The standard InChI is InChI=1S/C18H23N3O4S/c1-21-17(18(22)19-14-8-4-3-5-9-14)12-16(20-26(21,23)24)13-7-6-10-15(11-13)25-2/h6-7,10-12,14H,3-5,8-9H2,1-2H3,(H,19,22). The van der Waals surface area contributed by atoms with E-state index in [0.717, 1.165) is 30.0 Å². The van der Waals surface area contributed by atoms with Crippen molar-refractivity contribution in [1.82, 2.24) is 9.62 Å². The first-order valence-electron chi connectivity index (χ1n) is 8.66. The molecule has 0 saturated heterocycles. The van der Waals surface area contributed by atoms with Gasteiger partial charge >= 0.3 is 10.2 Å². The zero-order valence-corrected chi connectivity index (χ0v) is 15.8. The summed E-state index contributed by atoms with van der Waals surface area (Å²) in [6, 6.07) is 7.01. The van der Waals surface area contributed by atoms with Crippen molar-refractivity contribution in [2.24, 2.45) is 4.40 Å². The summed E-state index contributed by atoms with van der Waals surface area (Å²) in [6.45, 7) is 0. The van der Waals surface area contributed by atoms with E-state index < -0.39 is 16.1 Å². The summed E-state index contributed by atoms with van der Waals surface area (Å²) in [7, 11) is -1.09. The van der Waals surface area contributed by atoms with Gasteiger partial charge in [-0.05, 0) is 31.1 Å². The number of carbonyl (C=O) groups is 1. The normalized spacial score (nSPS) is 20.2. The van der Waals surface area contributed by atoms with Crippen LogP contribution in [-0.4, -0.2) is 44.5 Å². The number of nitrogens with one attached hydrogen (secondary N) is 1. The van der Waals surface area contributed by atoms with Crippen molar-refractivity contribution in [1.29, 1.82) is 0 Å². The molecule has 3 rings (SSSR count). The van der Waals surface area contributed by atoms with Gasteiger partial charge in [0.25, 0.3) is 5.91 Å². The molecule has 1 aliphatic heterocycles. The Kier molecular flexibility index (Phi) is 5.31. The second-order valence-electron chi connectivity index (χ2n) is 6.49. The van der Waals surface area contributed by atoms with E-state index >= 15 is 0 Å². The molecule has 7 nitrogen and oxygen atoms in total. The number of methoxy groups -OCH3 is 1. The van der Waals surface area contributed by atoms with Gasteiger partial charge < -0.3 is 10.1 Å². The minimum absolute atomic E-state index is 0.0726. The Morgan fingerprint density at radius 1 is 1.27 bits per heavy atom. The molecule has 0 atom stereocenters. The number of likely N-dealkylation sites (N-methyl/N-ethyl adjacent to an activating group) is 1. The van der Waals surface area contributed by atoms with E-state index in [1.54, 1.807) is 24.3 Å². The maximum Gasteiger partial charge on any atom is 0.345 e. The highest BCUT2D eigenvalue weighted by Gasteiger charge is 2.31. The summed E-state index contributed by atoms with van der Waals surface area (Å²) >= 11 is 0. The Balaban J connectivity index is 1.91. The van der Waals surface area contributed by atoms with Gasteiger partial charge in [0, 0.05) is 18.7 Å². The summed E-state index contributed by atoms with van der Waals surface area (Å²) in [6.07, 6.45) is 6.69. The number of nitrogens with zero attached hydrogens (tertiary/aromatic N) is 2. The Morgan fingerprint density at radius 3 is 2.69 bits per heavy atom. The summed E-state index contributed by atoms with van der Waals surface area (Å²) in [4.78, 5) is 12.7. The van der Waals surface area contributed by atoms with Crippen LogP contribution in [0.25, 0.3) is 0 Å². The molecule has 1 aromatic carbocycles. The van der Waals surface area contributed by atoms with Crippen molar-refractivity contribution < 1.29 is 17.9 Å². The topological polar surface area (TPSA) is 88.1 Å². The third kappa shape index (κ3) is 3.90. The van der Waals surface area contributed by atoms with E-state index in [9.17, 15) is 13.2 Å². The Labute approximate surface area is 153 Å². The first kappa shape index (κ1) is 18.4. The van der Waals surface area contributed by atoms with Crippen LogP contribution in [0.1, 0.15) is 37.7 Å². The molecule has 1 fully saturated rings. The largest absolute Gasteiger partial charge is 0.497 e. The molecule has 2 aliphatic rings. The average Bonchev–Trinajstić information content (AvgIpc) is 2.64. The van der Waals surface area contributed by atoms with E-state index in [0.29, 0.717) is 11.3 Å². The van der Waals surface area contributed by atoms with Crippen LogP contribution in [0.5, 0.6) is 5.75 Å². The molecule has 26 heavy (non-hydrogen) atoms. The molecule has 0 aromatic heterocycles. The van der Waals surface area contributed by atoms with Crippen molar-refractivity contribution in [2.45, 2.75) is 38.1 Å². The van der Waals surface area contributed by atoms with Gasteiger partial charge in [0.05, 0.1) is 12.8 Å². The van der Waals surface area contributed by atoms with Crippen molar-refractivity contribution in [3.63, 3.8) is 0 Å². The second kappa shape index (κ2) is 7.49. The van der Waals surface area contributed by atoms with E-state index in [1.807, 2.05) is 0 Å². The van der Waals surface area contributed by atoms with Gasteiger partial charge in [0.2, 0.25) is 0 Å². The van der Waals surface area contributed by atoms with Crippen molar-refractivity contribution in [2.75, 3.05) is 14.2 Å². The monoisotopic (exact) mass is 377 g/mol. The van der Waals surface area contributed by atoms with Gasteiger partial charge in [-0.3, -0.25) is 4.79 Å². The van der Waals surface area contributed by atoms with Crippen LogP contribution in [-0.2, 0) is 15.0 Å². The van der Waals surface area contributed by atoms with Crippen LogP contribution in [0.15, 0.2) is 40.4 Å². The molecular formula is C18H23N3O4S. The molecule has 1 aliphatic carbocycles. The zero-order valence-electron chi connectivity index (χ0n) is 14.9. The van der Waals surface area contributed by atoms with Gasteiger partial charge in [-0.25, -0.2) is 4.31 Å². The second-order valence-corrected chi connectivity index (χ2v) is 8.12. The molecular weight excluding hydrogens is 354 g/mol. The number of rotatable bonds is 4. The van der Waals surface area contributed by atoms with E-state index in [2.05, 4.69) is 9.71 Å². The van der Waals surface area contributed by atoms with Crippen LogP contribution in [0.2, 0.25) is 0 Å². The van der Waals surface area contributed by atoms with Crippen LogP contribution in [0.4, 0.5) is 0 Å². The van der Waals surface area contributed by atoms with E-state index in [1.165, 1.54) is 26.7 Å². The SMILES string of the molecule is COc1cccc(C2=NS(=O)(=O)N(C)C(C(=O)NC3CCCCC3)=C2)c1. The molecule has 140 valence electrons. The lowest BCUT2D eigenvalue weighted by atomic mass is 9.95. The molecule has 0 radical (unpaired) electrons. The van der Waals surface area contributed by atoms with E-state index in [-0.39, 0.29) is 17.5 Å². The van der Waals surface area contributed by atoms with Gasteiger partial charge in [-0.2, -0.15) is 8.42 Å². The van der Waals surface area contributed by atoms with Crippen LogP contribution in [0, 0.1) is 0 Å². The Morgan fingerprint density at radius 2 is 2.00 bits per heavy atom. The average molecular weight is 377 g/mol. The van der Waals surface area contributed by atoms with Crippen LogP contribution >= 0.6 is 0 Å². The summed E-state index contributed by atoms with van der Waals surface area (Å²) in [5, 5.41) is 2.96. The van der Waals surface area contributed by atoms with Crippen LogP contribution in [0.3, 0.4) is 0 Å². The molecule has 1 heterocycles. The Hall–Kier alpha value is -2.35. The Bertz CT molecular complexity index is 855. The minimum atomic E-state index is -3.96. The smallest absolute Gasteiger partial charge is 0.345 e. The van der Waals surface area contributed by atoms with Gasteiger partial charge in [-0.15, -0.1) is 4.40 Å². The molecule has 1 saturated carbocycles. The molecule has 8 heteroatoms. The van der Waals surface area contributed by atoms with Crippen LogP contribution < -0.4 is 10.1 Å². The molecule has 1 aromatic rings. The van der Waals surface area contributed by atoms with Gasteiger partial charge in [-0.1, -0.05) is 31.4 Å². The summed E-state index contributed by atoms with van der Waals surface area (Å²) in [5.74, 6) is 0.196. The quantitative estimate of drug-likeness (QED) is 0.869. The number of ether oxygens (including phenoxy) is 1. The molecule has 1 amide bonds. The summed E-state index contributed by atoms with van der Waals surface area (Å²) < 4.78 is 34.8. The molecule has 0 bridgehead atoms. The molecule has 1 N–H and O–H groups in total. The first-order chi connectivity index (χ1) is 12.4. The highest BCUT2D eigenvalue weighted by molar-refractivity contribution is 7.88. The number of hydrogen-bond donors (Lipinski definition) is 1. The van der Waals surface area contributed by atoms with Gasteiger partial charge in [0.15, 0.2) is 0 Å². The number of hydrogen-bond acceptors (Lipinski definition) is 4. The predicted octanol–water partition coefficient (Wildman–Crippen LogP) is 2.01. The predicted molar refractivity (Wildman–Crippen MR) is 99.3 cm³/mol. The highest BCUT2D eigenvalue weighted by Crippen LogP contribution is 2.23. The zero-order chi connectivity index (χ0) is 18.7. The molecule has 0 spiro atoms. The fourth-order valence-electron chi connectivity index (χ4n) is 3.19. The van der Waals surface area contributed by atoms with Crippen molar-refractivity contribution in [3.8, 4) is 5.75 Å². The highest BCUT2D eigenvalue weighted by atomic mass is 32.2. The van der Waals surface area contributed by atoms with Gasteiger partial charge in [0.1, 0.15) is 11.4 Å². The van der Waals surface area contributed by atoms with E-state index in [4.69, 9.17) is 4.74 Å². The maximum absolute atomic E-state index is 12.7. The first-order valence-corrected chi connectivity index (χ1v) is 10.1.